The van der Waals surface area contributed by atoms with Crippen molar-refractivity contribution < 1.29 is 26.7 Å². The molecule has 0 bridgehead atoms. The van der Waals surface area contributed by atoms with Gasteiger partial charge in [0, 0.05) is 6.42 Å². The topological polar surface area (TPSA) is 9.23 Å². The minimum absolute atomic E-state index is 0.0569. The predicted molar refractivity (Wildman–Crippen MR) is 94.3 cm³/mol. The van der Waals surface area contributed by atoms with E-state index in [0.717, 1.165) is 6.42 Å². The maximum atomic E-state index is 15.6. The lowest BCUT2D eigenvalue weighted by Gasteiger charge is -2.31. The van der Waals surface area contributed by atoms with Crippen LogP contribution in [0.15, 0.2) is 12.1 Å². The summed E-state index contributed by atoms with van der Waals surface area (Å²) >= 11 is 0. The highest BCUT2D eigenvalue weighted by molar-refractivity contribution is 5.35. The van der Waals surface area contributed by atoms with Crippen LogP contribution in [0.4, 0.5) is 22.0 Å². The second kappa shape index (κ2) is 7.59. The number of ether oxygens (including phenoxy) is 1. The van der Waals surface area contributed by atoms with Gasteiger partial charge in [-0.2, -0.15) is 4.39 Å². The van der Waals surface area contributed by atoms with Crippen molar-refractivity contribution in [1.29, 1.82) is 0 Å². The minimum atomic E-state index is -2.35. The zero-order valence-electron chi connectivity index (χ0n) is 15.8. The molecule has 0 aliphatic heterocycles. The molecule has 2 fully saturated rings. The SMILES string of the molecule is CCCC1CCC2(F)CC(c3ccc(OCC)c(F)c3F)CC2(F)CC1F. The van der Waals surface area contributed by atoms with E-state index in [9.17, 15) is 13.2 Å². The summed E-state index contributed by atoms with van der Waals surface area (Å²) in [7, 11) is 0. The van der Waals surface area contributed by atoms with Crippen LogP contribution in [0.2, 0.25) is 0 Å². The monoisotopic (exact) mass is 390 g/mol. The van der Waals surface area contributed by atoms with Crippen molar-refractivity contribution in [3.8, 4) is 5.75 Å². The molecular formula is C21H27F5O. The van der Waals surface area contributed by atoms with Gasteiger partial charge in [-0.3, -0.25) is 0 Å². The Morgan fingerprint density at radius 3 is 2.41 bits per heavy atom. The van der Waals surface area contributed by atoms with Crippen molar-refractivity contribution in [3.05, 3.63) is 29.3 Å². The molecule has 1 aromatic rings. The molecule has 5 unspecified atom stereocenters. The predicted octanol–water partition coefficient (Wildman–Crippen LogP) is 6.60. The molecule has 0 heterocycles. The first-order chi connectivity index (χ1) is 12.7. The molecule has 0 spiro atoms. The van der Waals surface area contributed by atoms with Gasteiger partial charge in [0.1, 0.15) is 17.5 Å². The van der Waals surface area contributed by atoms with E-state index < -0.39 is 41.5 Å². The van der Waals surface area contributed by atoms with E-state index in [1.807, 2.05) is 6.92 Å². The quantitative estimate of drug-likeness (QED) is 0.515. The zero-order chi connectivity index (χ0) is 19.8. The summed E-state index contributed by atoms with van der Waals surface area (Å²) in [5.41, 5.74) is -4.61. The Labute approximate surface area is 157 Å². The summed E-state index contributed by atoms with van der Waals surface area (Å²) in [5, 5.41) is 0. The zero-order valence-corrected chi connectivity index (χ0v) is 15.8. The third-order valence-corrected chi connectivity index (χ3v) is 6.36. The van der Waals surface area contributed by atoms with Gasteiger partial charge in [-0.1, -0.05) is 19.4 Å². The largest absolute Gasteiger partial charge is 0.491 e. The molecule has 152 valence electrons. The summed E-state index contributed by atoms with van der Waals surface area (Å²) in [6, 6.07) is 2.62. The first-order valence-corrected chi connectivity index (χ1v) is 9.87. The molecule has 0 N–H and O–H groups in total. The summed E-state index contributed by atoms with van der Waals surface area (Å²) < 4.78 is 79.5. The number of halogens is 5. The summed E-state index contributed by atoms with van der Waals surface area (Å²) in [6.45, 7) is 3.75. The van der Waals surface area contributed by atoms with Crippen molar-refractivity contribution in [2.24, 2.45) is 5.92 Å². The molecule has 0 saturated heterocycles. The smallest absolute Gasteiger partial charge is 0.200 e. The Morgan fingerprint density at radius 1 is 1.04 bits per heavy atom. The average Bonchev–Trinajstić information content (AvgIpc) is 2.82. The Bertz CT molecular complexity index is 681. The van der Waals surface area contributed by atoms with Gasteiger partial charge in [0.15, 0.2) is 11.6 Å². The van der Waals surface area contributed by atoms with Crippen LogP contribution in [-0.2, 0) is 0 Å². The van der Waals surface area contributed by atoms with Gasteiger partial charge in [-0.15, -0.1) is 0 Å². The third-order valence-electron chi connectivity index (χ3n) is 6.36. The second-order valence-corrected chi connectivity index (χ2v) is 8.06. The Balaban J connectivity index is 1.86. The second-order valence-electron chi connectivity index (χ2n) is 8.06. The van der Waals surface area contributed by atoms with Gasteiger partial charge in [-0.05, 0) is 62.5 Å². The molecule has 0 aromatic heterocycles. The molecule has 1 nitrogen and oxygen atoms in total. The fraction of sp³-hybridized carbons (Fsp3) is 0.714. The van der Waals surface area contributed by atoms with Crippen LogP contribution in [0.5, 0.6) is 5.75 Å². The number of fused-ring (bicyclic) bond motifs is 1. The van der Waals surface area contributed by atoms with Gasteiger partial charge in [-0.25, -0.2) is 17.6 Å². The van der Waals surface area contributed by atoms with E-state index in [0.29, 0.717) is 6.42 Å². The molecule has 0 radical (unpaired) electrons. The average molecular weight is 390 g/mol. The van der Waals surface area contributed by atoms with Crippen molar-refractivity contribution in [2.45, 2.75) is 82.2 Å². The molecule has 2 aliphatic carbocycles. The van der Waals surface area contributed by atoms with Crippen LogP contribution in [0.25, 0.3) is 0 Å². The van der Waals surface area contributed by atoms with Gasteiger partial charge in [0.2, 0.25) is 5.82 Å². The van der Waals surface area contributed by atoms with Crippen LogP contribution in [0.3, 0.4) is 0 Å². The highest BCUT2D eigenvalue weighted by atomic mass is 19.2. The standard InChI is InChI=1S/C21H27F5O/c1-3-5-13-8-9-20(25)10-14(11-21(20,26)12-16(13)22)15-6-7-17(27-4-2)19(24)18(15)23/h6-7,13-14,16H,3-5,8-12H2,1-2H3. The summed E-state index contributed by atoms with van der Waals surface area (Å²) in [4.78, 5) is 0. The molecule has 27 heavy (non-hydrogen) atoms. The summed E-state index contributed by atoms with van der Waals surface area (Å²) in [6.07, 6.45) is -0.916. The number of hydrogen-bond acceptors (Lipinski definition) is 1. The number of benzene rings is 1. The molecule has 3 rings (SSSR count). The maximum absolute atomic E-state index is 15.6. The lowest BCUT2D eigenvalue weighted by Crippen LogP contribution is -2.42. The molecule has 5 atom stereocenters. The van der Waals surface area contributed by atoms with Crippen molar-refractivity contribution >= 4 is 0 Å². The van der Waals surface area contributed by atoms with E-state index in [1.54, 1.807) is 6.92 Å². The van der Waals surface area contributed by atoms with Crippen LogP contribution >= 0.6 is 0 Å². The van der Waals surface area contributed by atoms with E-state index in [-0.39, 0.29) is 49.5 Å². The molecule has 6 heteroatoms. The van der Waals surface area contributed by atoms with Crippen molar-refractivity contribution in [3.63, 3.8) is 0 Å². The highest BCUT2D eigenvalue weighted by Crippen LogP contribution is 2.59. The Hall–Kier alpha value is -1.33. The number of hydrogen-bond donors (Lipinski definition) is 0. The van der Waals surface area contributed by atoms with Crippen LogP contribution in [-0.4, -0.2) is 24.1 Å². The Kier molecular flexibility index (Phi) is 5.74. The van der Waals surface area contributed by atoms with E-state index >= 15 is 8.78 Å². The fourth-order valence-electron chi connectivity index (χ4n) is 4.93. The van der Waals surface area contributed by atoms with Gasteiger partial charge < -0.3 is 4.74 Å². The van der Waals surface area contributed by atoms with Crippen LogP contribution in [0.1, 0.15) is 70.3 Å². The van der Waals surface area contributed by atoms with Gasteiger partial charge >= 0.3 is 0 Å². The molecule has 2 saturated carbocycles. The molecule has 2 aliphatic rings. The normalized spacial score (nSPS) is 36.3. The van der Waals surface area contributed by atoms with Crippen molar-refractivity contribution in [1.82, 2.24) is 0 Å². The van der Waals surface area contributed by atoms with E-state index in [2.05, 4.69) is 0 Å². The van der Waals surface area contributed by atoms with Crippen LogP contribution in [0, 0.1) is 17.6 Å². The first kappa shape index (κ1) is 20.4. The van der Waals surface area contributed by atoms with Crippen LogP contribution < -0.4 is 4.74 Å². The fourth-order valence-corrected chi connectivity index (χ4v) is 4.93. The van der Waals surface area contributed by atoms with Gasteiger partial charge in [0.05, 0.1) is 6.61 Å². The molecular weight excluding hydrogens is 363 g/mol. The first-order valence-electron chi connectivity index (χ1n) is 9.87. The highest BCUT2D eigenvalue weighted by Gasteiger charge is 2.62. The third kappa shape index (κ3) is 3.56. The maximum Gasteiger partial charge on any atom is 0.200 e. The lowest BCUT2D eigenvalue weighted by atomic mass is 9.85. The van der Waals surface area contributed by atoms with E-state index in [1.165, 1.54) is 12.1 Å². The summed E-state index contributed by atoms with van der Waals surface area (Å²) in [5.74, 6) is -3.65. The van der Waals surface area contributed by atoms with E-state index in [4.69, 9.17) is 4.74 Å². The van der Waals surface area contributed by atoms with Crippen molar-refractivity contribution in [2.75, 3.05) is 6.61 Å². The Morgan fingerprint density at radius 2 is 1.74 bits per heavy atom. The minimum Gasteiger partial charge on any atom is -0.491 e. The van der Waals surface area contributed by atoms with Gasteiger partial charge in [0.25, 0.3) is 0 Å². The number of alkyl halides is 3. The molecule has 0 amide bonds. The molecule has 1 aromatic carbocycles. The lowest BCUT2D eigenvalue weighted by molar-refractivity contribution is -0.0292. The number of rotatable bonds is 5.